The highest BCUT2D eigenvalue weighted by Gasteiger charge is 2.36. The Morgan fingerprint density at radius 3 is 2.69 bits per heavy atom. The predicted molar refractivity (Wildman–Crippen MR) is 127 cm³/mol. The van der Waals surface area contributed by atoms with E-state index in [0.29, 0.717) is 22.9 Å². The van der Waals surface area contributed by atoms with Crippen molar-refractivity contribution in [3.63, 3.8) is 0 Å². The van der Waals surface area contributed by atoms with E-state index in [9.17, 15) is 9.18 Å². The fourth-order valence-electron chi connectivity index (χ4n) is 5.12. The molecule has 168 valence electrons. The zero-order chi connectivity index (χ0) is 22.7. The molecule has 32 heavy (non-hydrogen) atoms. The third kappa shape index (κ3) is 4.96. The van der Waals surface area contributed by atoms with Crippen molar-refractivity contribution in [3.05, 3.63) is 76.1 Å². The third-order valence-corrected chi connectivity index (χ3v) is 6.93. The number of halogens is 2. The van der Waals surface area contributed by atoms with Crippen LogP contribution in [0.5, 0.6) is 0 Å². The molecule has 1 heterocycles. The van der Waals surface area contributed by atoms with Gasteiger partial charge in [0.2, 0.25) is 0 Å². The molecule has 4 nitrogen and oxygen atoms in total. The van der Waals surface area contributed by atoms with Crippen LogP contribution in [0.2, 0.25) is 5.02 Å². The molecule has 1 aliphatic heterocycles. The lowest BCUT2D eigenvalue weighted by atomic mass is 9.72. The maximum Gasteiger partial charge on any atom is 0.328 e. The summed E-state index contributed by atoms with van der Waals surface area (Å²) in [6.07, 6.45) is 6.75. The van der Waals surface area contributed by atoms with Crippen LogP contribution in [0.25, 0.3) is 17.2 Å². The Kier molecular flexibility index (Phi) is 7.09. The molecule has 0 amide bonds. The minimum absolute atomic E-state index is 0.339. The largest absolute Gasteiger partial charge is 0.478 e. The van der Waals surface area contributed by atoms with Crippen LogP contribution >= 0.6 is 11.6 Å². The van der Waals surface area contributed by atoms with E-state index in [0.717, 1.165) is 60.6 Å². The molecule has 0 bridgehead atoms. The van der Waals surface area contributed by atoms with Gasteiger partial charge in [0.1, 0.15) is 5.82 Å². The van der Waals surface area contributed by atoms with E-state index < -0.39 is 5.97 Å². The lowest BCUT2D eigenvalue weighted by Crippen LogP contribution is -2.35. The van der Waals surface area contributed by atoms with Crippen molar-refractivity contribution < 1.29 is 14.3 Å². The Morgan fingerprint density at radius 1 is 1.22 bits per heavy atom. The van der Waals surface area contributed by atoms with Crippen LogP contribution < -0.4 is 10.9 Å². The zero-order valence-electron chi connectivity index (χ0n) is 18.1. The Bertz CT molecular complexity index is 1050. The van der Waals surface area contributed by atoms with E-state index in [1.807, 2.05) is 12.1 Å². The van der Waals surface area contributed by atoms with Gasteiger partial charge in [-0.3, -0.25) is 10.9 Å². The Labute approximate surface area is 193 Å². The fraction of sp³-hybridized carbons (Fsp3) is 0.346. The molecule has 2 aromatic rings. The monoisotopic (exact) mass is 454 g/mol. The minimum atomic E-state index is -0.968. The molecule has 3 N–H and O–H groups in total. The van der Waals surface area contributed by atoms with E-state index in [1.54, 1.807) is 12.1 Å². The Hall–Kier alpha value is -2.47. The quantitative estimate of drug-likeness (QED) is 0.382. The molecule has 0 aromatic heterocycles. The number of fused-ring (bicyclic) bond motifs is 1. The standard InChI is InChI=1S/C26H28ClFN2O2/c1-2-21(22-10-9-20(28)14-23(22)27)26(18-8-11-24-19(13-18)15-29-30-24)17-6-3-16(4-7-17)5-12-25(31)32/h3-7,9-10,12,14,18-19,24,29-30H,2,8,11,13,15H2,1H3,(H,31,32)/b12-5+,26-21+. The first kappa shape index (κ1) is 22.7. The number of hydrogen-bond donors (Lipinski definition) is 3. The van der Waals surface area contributed by atoms with Gasteiger partial charge in [-0.15, -0.1) is 0 Å². The molecule has 3 atom stereocenters. The van der Waals surface area contributed by atoms with Gasteiger partial charge in [-0.25, -0.2) is 9.18 Å². The van der Waals surface area contributed by atoms with Gasteiger partial charge in [0.05, 0.1) is 5.02 Å². The summed E-state index contributed by atoms with van der Waals surface area (Å²) in [5, 5.41) is 9.32. The van der Waals surface area contributed by atoms with Crippen molar-refractivity contribution in [2.75, 3.05) is 6.54 Å². The number of carbonyl (C=O) groups is 1. The summed E-state index contributed by atoms with van der Waals surface area (Å²) in [4.78, 5) is 10.8. The van der Waals surface area contributed by atoms with E-state index in [1.165, 1.54) is 17.7 Å². The smallest absolute Gasteiger partial charge is 0.328 e. The highest BCUT2D eigenvalue weighted by Crippen LogP contribution is 2.44. The summed E-state index contributed by atoms with van der Waals surface area (Å²) in [6, 6.07) is 13.1. The SMILES string of the molecule is CC/C(=C(/c1ccc(/C=C/C(=O)O)cc1)C1CCC2NNCC2C1)c1ccc(F)cc1Cl. The molecule has 0 radical (unpaired) electrons. The number of aliphatic carboxylic acids is 1. The molecular weight excluding hydrogens is 427 g/mol. The van der Waals surface area contributed by atoms with Gasteiger partial charge in [-0.05, 0) is 83.6 Å². The molecule has 4 rings (SSSR count). The predicted octanol–water partition coefficient (Wildman–Crippen LogP) is 5.79. The van der Waals surface area contributed by atoms with Crippen molar-refractivity contribution in [2.24, 2.45) is 11.8 Å². The van der Waals surface area contributed by atoms with Crippen molar-refractivity contribution in [1.29, 1.82) is 0 Å². The second-order valence-corrected chi connectivity index (χ2v) is 8.97. The fourth-order valence-corrected chi connectivity index (χ4v) is 5.40. The Balaban J connectivity index is 1.79. The van der Waals surface area contributed by atoms with Gasteiger partial charge in [0, 0.05) is 18.7 Å². The van der Waals surface area contributed by atoms with Crippen molar-refractivity contribution in [3.8, 4) is 0 Å². The highest BCUT2D eigenvalue weighted by atomic mass is 35.5. The molecule has 2 aromatic carbocycles. The molecular formula is C26H28ClFN2O2. The van der Waals surface area contributed by atoms with Gasteiger partial charge in [0.25, 0.3) is 0 Å². The first-order valence-electron chi connectivity index (χ1n) is 11.1. The molecule has 1 saturated carbocycles. The van der Waals surface area contributed by atoms with Crippen LogP contribution in [0.4, 0.5) is 4.39 Å². The molecule has 2 fully saturated rings. The van der Waals surface area contributed by atoms with Crippen LogP contribution in [0.1, 0.15) is 49.3 Å². The van der Waals surface area contributed by atoms with E-state index >= 15 is 0 Å². The van der Waals surface area contributed by atoms with Gasteiger partial charge in [0.15, 0.2) is 0 Å². The molecule has 1 saturated heterocycles. The summed E-state index contributed by atoms with van der Waals surface area (Å²) in [6.45, 7) is 3.08. The minimum Gasteiger partial charge on any atom is -0.478 e. The number of hydrazine groups is 1. The molecule has 1 aliphatic carbocycles. The Morgan fingerprint density at radius 2 is 2.00 bits per heavy atom. The number of hydrogen-bond acceptors (Lipinski definition) is 3. The molecule has 0 spiro atoms. The first-order valence-corrected chi connectivity index (χ1v) is 11.5. The second kappa shape index (κ2) is 9.99. The van der Waals surface area contributed by atoms with Crippen molar-refractivity contribution in [2.45, 2.75) is 38.6 Å². The van der Waals surface area contributed by atoms with E-state index in [-0.39, 0.29) is 5.82 Å². The first-order chi connectivity index (χ1) is 15.5. The third-order valence-electron chi connectivity index (χ3n) is 6.62. The van der Waals surface area contributed by atoms with Gasteiger partial charge in [-0.2, -0.15) is 0 Å². The molecule has 3 unspecified atom stereocenters. The second-order valence-electron chi connectivity index (χ2n) is 8.57. The van der Waals surface area contributed by atoms with Crippen LogP contribution in [0, 0.1) is 17.7 Å². The van der Waals surface area contributed by atoms with Gasteiger partial charge in [-0.1, -0.05) is 48.9 Å². The average Bonchev–Trinajstić information content (AvgIpc) is 3.25. The number of carboxylic acid groups (broad SMARTS) is 1. The molecule has 6 heteroatoms. The summed E-state index contributed by atoms with van der Waals surface area (Å²) in [5.41, 5.74) is 11.9. The average molecular weight is 455 g/mol. The van der Waals surface area contributed by atoms with Crippen LogP contribution in [-0.4, -0.2) is 23.7 Å². The lowest BCUT2D eigenvalue weighted by molar-refractivity contribution is -0.131. The highest BCUT2D eigenvalue weighted by molar-refractivity contribution is 6.32. The lowest BCUT2D eigenvalue weighted by Gasteiger charge is -2.34. The zero-order valence-corrected chi connectivity index (χ0v) is 18.8. The van der Waals surface area contributed by atoms with Gasteiger partial charge >= 0.3 is 5.97 Å². The topological polar surface area (TPSA) is 61.4 Å². The number of benzene rings is 2. The number of carboxylic acids is 1. The van der Waals surface area contributed by atoms with Gasteiger partial charge < -0.3 is 5.11 Å². The van der Waals surface area contributed by atoms with E-state index in [4.69, 9.17) is 16.7 Å². The number of rotatable bonds is 6. The summed E-state index contributed by atoms with van der Waals surface area (Å²) in [7, 11) is 0. The summed E-state index contributed by atoms with van der Waals surface area (Å²) >= 11 is 6.50. The summed E-state index contributed by atoms with van der Waals surface area (Å²) < 4.78 is 13.8. The maximum absolute atomic E-state index is 13.8. The van der Waals surface area contributed by atoms with Crippen LogP contribution in [0.3, 0.4) is 0 Å². The van der Waals surface area contributed by atoms with Crippen molar-refractivity contribution in [1.82, 2.24) is 10.9 Å². The van der Waals surface area contributed by atoms with Crippen molar-refractivity contribution >= 4 is 34.8 Å². The normalized spacial score (nSPS) is 23.8. The number of allylic oxidation sites excluding steroid dienone is 2. The van der Waals surface area contributed by atoms with E-state index in [2.05, 4.69) is 29.9 Å². The summed E-state index contributed by atoms with van der Waals surface area (Å²) in [5.74, 6) is -0.365. The van der Waals surface area contributed by atoms with Crippen LogP contribution in [0.15, 0.2) is 48.5 Å². The maximum atomic E-state index is 13.8. The number of nitrogens with one attached hydrogen (secondary N) is 2. The molecule has 2 aliphatic rings. The van der Waals surface area contributed by atoms with Crippen LogP contribution in [-0.2, 0) is 4.79 Å².